The molecular weight excluding hydrogens is 242 g/mol. The Kier molecular flexibility index (Phi) is 4.20. The van der Waals surface area contributed by atoms with Crippen LogP contribution in [0.3, 0.4) is 0 Å². The molecule has 0 amide bonds. The van der Waals surface area contributed by atoms with Crippen LogP contribution in [0.5, 0.6) is 0 Å². The summed E-state index contributed by atoms with van der Waals surface area (Å²) < 4.78 is 2.14. The van der Waals surface area contributed by atoms with E-state index in [0.29, 0.717) is 0 Å². The molecule has 0 unspecified atom stereocenters. The molecule has 0 atom stereocenters. The van der Waals surface area contributed by atoms with Gasteiger partial charge in [0, 0.05) is 5.75 Å². The molecule has 1 aromatic heterocycles. The van der Waals surface area contributed by atoms with E-state index >= 15 is 0 Å². The number of hydrogen-bond acceptors (Lipinski definition) is 3. The Morgan fingerprint density at radius 2 is 2.00 bits per heavy atom. The van der Waals surface area contributed by atoms with Crippen molar-refractivity contribution in [2.45, 2.75) is 25.5 Å². The lowest BCUT2D eigenvalue weighted by atomic mass is 10.2. The van der Waals surface area contributed by atoms with E-state index in [2.05, 4.69) is 45.6 Å². The van der Waals surface area contributed by atoms with Crippen molar-refractivity contribution in [3.63, 3.8) is 0 Å². The highest BCUT2D eigenvalue weighted by atomic mass is 32.2. The third kappa shape index (κ3) is 3.23. The van der Waals surface area contributed by atoms with E-state index in [4.69, 9.17) is 0 Å². The smallest absolute Gasteiger partial charge is 0.191 e. The number of nitrogens with zero attached hydrogens (tertiary/aromatic N) is 3. The van der Waals surface area contributed by atoms with Crippen LogP contribution in [-0.4, -0.2) is 20.5 Å². The molecule has 2 aromatic rings. The molecule has 3 nitrogen and oxygen atoms in total. The molecule has 0 fully saturated rings. The van der Waals surface area contributed by atoms with Crippen LogP contribution in [0.25, 0.3) is 0 Å². The van der Waals surface area contributed by atoms with E-state index in [0.717, 1.165) is 28.9 Å². The van der Waals surface area contributed by atoms with E-state index in [1.165, 1.54) is 5.56 Å². The fourth-order valence-corrected chi connectivity index (χ4v) is 2.43. The fourth-order valence-electron chi connectivity index (χ4n) is 1.60. The number of hydrogen-bond donors (Lipinski definition) is 0. The minimum atomic E-state index is 0.818. The maximum absolute atomic E-state index is 4.22. The minimum Gasteiger partial charge on any atom is -0.302 e. The summed E-state index contributed by atoms with van der Waals surface area (Å²) in [5.74, 6) is 1.83. The molecule has 0 radical (unpaired) electrons. The lowest BCUT2D eigenvalue weighted by Gasteiger charge is -2.08. The zero-order valence-electron chi connectivity index (χ0n) is 10.8. The molecule has 94 valence electrons. The molecule has 1 aromatic carbocycles. The first kappa shape index (κ1) is 12.9. The maximum atomic E-state index is 4.22. The lowest BCUT2D eigenvalue weighted by Crippen LogP contribution is -2.04. The van der Waals surface area contributed by atoms with Gasteiger partial charge < -0.3 is 4.57 Å². The van der Waals surface area contributed by atoms with Crippen molar-refractivity contribution < 1.29 is 0 Å². The first-order chi connectivity index (χ1) is 8.66. The van der Waals surface area contributed by atoms with Gasteiger partial charge in [-0.1, -0.05) is 54.2 Å². The van der Waals surface area contributed by atoms with Gasteiger partial charge in [-0.3, -0.25) is 0 Å². The molecular formula is C14H17N3S. The lowest BCUT2D eigenvalue weighted by molar-refractivity contribution is 0.688. The van der Waals surface area contributed by atoms with E-state index in [-0.39, 0.29) is 0 Å². The Morgan fingerprint density at radius 1 is 1.28 bits per heavy atom. The van der Waals surface area contributed by atoms with Gasteiger partial charge in [0.05, 0.1) is 6.54 Å². The van der Waals surface area contributed by atoms with Gasteiger partial charge in [-0.05, 0) is 19.4 Å². The average molecular weight is 259 g/mol. The molecule has 0 N–H and O–H groups in total. The largest absolute Gasteiger partial charge is 0.302 e. The topological polar surface area (TPSA) is 30.7 Å². The second-order valence-electron chi connectivity index (χ2n) is 4.35. The summed E-state index contributed by atoms with van der Waals surface area (Å²) in [6.45, 7) is 8.74. The summed E-state index contributed by atoms with van der Waals surface area (Å²) in [4.78, 5) is 0. The van der Waals surface area contributed by atoms with Crippen molar-refractivity contribution in [1.82, 2.24) is 14.8 Å². The van der Waals surface area contributed by atoms with Crippen molar-refractivity contribution in [2.75, 3.05) is 5.75 Å². The first-order valence-electron chi connectivity index (χ1n) is 5.87. The number of thioether (sulfide) groups is 1. The number of benzene rings is 1. The molecule has 18 heavy (non-hydrogen) atoms. The van der Waals surface area contributed by atoms with E-state index < -0.39 is 0 Å². The van der Waals surface area contributed by atoms with Crippen LogP contribution < -0.4 is 0 Å². The Balaban J connectivity index is 2.16. The van der Waals surface area contributed by atoms with Gasteiger partial charge in [-0.15, -0.1) is 10.2 Å². The molecule has 0 saturated heterocycles. The molecule has 4 heteroatoms. The molecule has 0 saturated carbocycles. The molecule has 0 spiro atoms. The summed E-state index contributed by atoms with van der Waals surface area (Å²) >= 11 is 1.69. The van der Waals surface area contributed by atoms with Gasteiger partial charge in [-0.25, -0.2) is 0 Å². The van der Waals surface area contributed by atoms with Gasteiger partial charge in [0.25, 0.3) is 0 Å². The van der Waals surface area contributed by atoms with Gasteiger partial charge in [0.15, 0.2) is 5.16 Å². The summed E-state index contributed by atoms with van der Waals surface area (Å²) in [7, 11) is 0. The highest BCUT2D eigenvalue weighted by molar-refractivity contribution is 7.99. The Bertz CT molecular complexity index is 531. The second-order valence-corrected chi connectivity index (χ2v) is 5.29. The number of rotatable bonds is 5. The molecule has 0 aliphatic rings. The predicted molar refractivity (Wildman–Crippen MR) is 75.8 cm³/mol. The van der Waals surface area contributed by atoms with Gasteiger partial charge in [0.2, 0.25) is 0 Å². The van der Waals surface area contributed by atoms with Crippen molar-refractivity contribution in [1.29, 1.82) is 0 Å². The van der Waals surface area contributed by atoms with E-state index in [9.17, 15) is 0 Å². The van der Waals surface area contributed by atoms with Crippen molar-refractivity contribution >= 4 is 11.8 Å². The number of aryl methyl sites for hydroxylation is 1. The zero-order chi connectivity index (χ0) is 13.0. The molecule has 0 aliphatic heterocycles. The average Bonchev–Trinajstić information content (AvgIpc) is 2.70. The highest BCUT2D eigenvalue weighted by Crippen LogP contribution is 2.20. The van der Waals surface area contributed by atoms with Crippen molar-refractivity contribution in [3.05, 3.63) is 53.9 Å². The standard InChI is InChI=1S/C14H17N3S/c1-11(2)10-18-14-16-15-12(3)17(14)9-13-7-5-4-6-8-13/h4-8H,1,9-10H2,2-3H3. The van der Waals surface area contributed by atoms with Gasteiger partial charge >= 0.3 is 0 Å². The monoisotopic (exact) mass is 259 g/mol. The van der Waals surface area contributed by atoms with Crippen molar-refractivity contribution in [2.24, 2.45) is 0 Å². The minimum absolute atomic E-state index is 0.818. The van der Waals surface area contributed by atoms with Crippen LogP contribution in [0.4, 0.5) is 0 Å². The van der Waals surface area contributed by atoms with Crippen LogP contribution in [0.2, 0.25) is 0 Å². The molecule has 0 bridgehead atoms. The Labute approximate surface area is 112 Å². The Hall–Kier alpha value is -1.55. The summed E-state index contributed by atoms with van der Waals surface area (Å²) in [5.41, 5.74) is 2.41. The summed E-state index contributed by atoms with van der Waals surface area (Å²) in [6.07, 6.45) is 0. The molecule has 2 rings (SSSR count). The van der Waals surface area contributed by atoms with E-state index in [1.54, 1.807) is 11.8 Å². The first-order valence-corrected chi connectivity index (χ1v) is 6.86. The quantitative estimate of drug-likeness (QED) is 0.609. The third-order valence-corrected chi connectivity index (χ3v) is 3.73. The van der Waals surface area contributed by atoms with Crippen LogP contribution in [-0.2, 0) is 6.54 Å². The third-order valence-electron chi connectivity index (χ3n) is 2.53. The Morgan fingerprint density at radius 3 is 2.67 bits per heavy atom. The molecule has 1 heterocycles. The second kappa shape index (κ2) is 5.87. The maximum Gasteiger partial charge on any atom is 0.191 e. The fraction of sp³-hybridized carbons (Fsp3) is 0.286. The van der Waals surface area contributed by atoms with Gasteiger partial charge in [-0.2, -0.15) is 0 Å². The summed E-state index contributed by atoms with van der Waals surface area (Å²) in [6, 6.07) is 10.4. The predicted octanol–water partition coefficient (Wildman–Crippen LogP) is 3.30. The van der Waals surface area contributed by atoms with Crippen LogP contribution >= 0.6 is 11.8 Å². The van der Waals surface area contributed by atoms with Gasteiger partial charge in [0.1, 0.15) is 5.82 Å². The summed E-state index contributed by atoms with van der Waals surface area (Å²) in [5, 5.41) is 9.33. The normalized spacial score (nSPS) is 10.6. The SMILES string of the molecule is C=C(C)CSc1nnc(C)n1Cc1ccccc1. The van der Waals surface area contributed by atoms with Crippen LogP contribution in [0, 0.1) is 6.92 Å². The zero-order valence-corrected chi connectivity index (χ0v) is 11.6. The molecule has 0 aliphatic carbocycles. The van der Waals surface area contributed by atoms with E-state index in [1.807, 2.05) is 19.9 Å². The highest BCUT2D eigenvalue weighted by Gasteiger charge is 2.09. The van der Waals surface area contributed by atoms with Crippen LogP contribution in [0.15, 0.2) is 47.6 Å². The number of aromatic nitrogens is 3. The van der Waals surface area contributed by atoms with Crippen molar-refractivity contribution in [3.8, 4) is 0 Å². The van der Waals surface area contributed by atoms with Crippen LogP contribution in [0.1, 0.15) is 18.3 Å².